The quantitative estimate of drug-likeness (QED) is 0.0729. The van der Waals surface area contributed by atoms with Gasteiger partial charge in [-0.25, -0.2) is 9.59 Å². The highest BCUT2D eigenvalue weighted by Crippen LogP contribution is 2.41. The lowest BCUT2D eigenvalue weighted by Gasteiger charge is -2.44. The first kappa shape index (κ1) is 49.1. The fraction of sp³-hybridized carbons (Fsp3) is 0.628. The molecule has 340 valence electrons. The maximum atomic E-state index is 13.8. The number of nitrogens with one attached hydrogen (secondary N) is 2. The third-order valence-corrected chi connectivity index (χ3v) is 21.6. The molecule has 2 atom stereocenters. The van der Waals surface area contributed by atoms with E-state index < -0.39 is 28.8 Å². The van der Waals surface area contributed by atoms with Gasteiger partial charge in [0.1, 0.15) is 0 Å². The Hall–Kier alpha value is -4.53. The maximum absolute atomic E-state index is 13.8. The summed E-state index contributed by atoms with van der Waals surface area (Å²) >= 11 is 0. The highest BCUT2D eigenvalue weighted by atomic mass is 28.4. The van der Waals surface area contributed by atoms with Crippen LogP contribution in [-0.2, 0) is 8.85 Å². The number of carboxylic acid groups (broad SMARTS) is 2. The largest absolute Gasteiger partial charge is 0.493 e. The van der Waals surface area contributed by atoms with Gasteiger partial charge in [-0.1, -0.05) is 41.5 Å². The number of unbranched alkanes of at least 4 members (excludes halogenated alkanes) is 2. The van der Waals surface area contributed by atoms with E-state index in [-0.39, 0.29) is 81.2 Å². The SMILES string of the molecule is COc1cc(C(=O)N2CC[C@H]2CO[Si](C)(C)C(C)(C)C)c(NC(=O)O)cc1OCCCCCOc1cc(NC(=O)O)c(C(=O)N2CC[C@H]2CO[Si](C)(C)C(C)(C)C)cc1OC. The molecule has 18 heteroatoms. The van der Waals surface area contributed by atoms with E-state index in [9.17, 15) is 29.4 Å². The molecule has 0 unspecified atom stereocenters. The average Bonchev–Trinajstić information content (AvgIpc) is 3.12. The smallest absolute Gasteiger partial charge is 0.409 e. The maximum Gasteiger partial charge on any atom is 0.409 e. The number of carbonyl (C=O) groups is 4. The van der Waals surface area contributed by atoms with Crippen LogP contribution in [0.15, 0.2) is 24.3 Å². The summed E-state index contributed by atoms with van der Waals surface area (Å²) in [5.74, 6) is 0.513. The van der Waals surface area contributed by atoms with Crippen LogP contribution in [0.3, 0.4) is 0 Å². The van der Waals surface area contributed by atoms with Crippen molar-refractivity contribution in [2.45, 2.75) is 122 Å². The molecule has 2 saturated heterocycles. The van der Waals surface area contributed by atoms with Gasteiger partial charge >= 0.3 is 12.2 Å². The van der Waals surface area contributed by atoms with Gasteiger partial charge in [0.2, 0.25) is 0 Å². The van der Waals surface area contributed by atoms with Gasteiger partial charge in [-0.3, -0.25) is 20.2 Å². The number of amides is 4. The lowest BCUT2D eigenvalue weighted by Crippen LogP contribution is -2.55. The Balaban J connectivity index is 1.35. The summed E-state index contributed by atoms with van der Waals surface area (Å²) in [5.41, 5.74) is 0.506. The molecule has 2 aliphatic heterocycles. The second-order valence-electron chi connectivity index (χ2n) is 18.7. The highest BCUT2D eigenvalue weighted by Gasteiger charge is 2.42. The van der Waals surface area contributed by atoms with Crippen molar-refractivity contribution in [3.8, 4) is 23.0 Å². The van der Waals surface area contributed by atoms with Crippen LogP contribution in [0.4, 0.5) is 21.0 Å². The van der Waals surface area contributed by atoms with Gasteiger partial charge in [-0.05, 0) is 80.5 Å². The van der Waals surface area contributed by atoms with Crippen LogP contribution < -0.4 is 29.6 Å². The number of hydrogen-bond acceptors (Lipinski definition) is 10. The third-order valence-electron chi connectivity index (χ3n) is 12.6. The summed E-state index contributed by atoms with van der Waals surface area (Å²) in [6, 6.07) is 5.73. The molecule has 0 saturated carbocycles. The Morgan fingerprint density at radius 3 is 1.26 bits per heavy atom. The van der Waals surface area contributed by atoms with Crippen molar-refractivity contribution in [2.24, 2.45) is 0 Å². The summed E-state index contributed by atoms with van der Waals surface area (Å²) in [7, 11) is -1.14. The van der Waals surface area contributed by atoms with E-state index >= 15 is 0 Å². The average molecular weight is 889 g/mol. The van der Waals surface area contributed by atoms with Crippen LogP contribution in [0.25, 0.3) is 0 Å². The Labute approximate surface area is 362 Å². The van der Waals surface area contributed by atoms with Crippen molar-refractivity contribution in [1.82, 2.24) is 9.80 Å². The first-order valence-electron chi connectivity index (χ1n) is 21.0. The van der Waals surface area contributed by atoms with Crippen LogP contribution in [0.1, 0.15) is 94.4 Å². The van der Waals surface area contributed by atoms with Crippen molar-refractivity contribution >= 4 is 52.0 Å². The van der Waals surface area contributed by atoms with Crippen molar-refractivity contribution in [3.05, 3.63) is 35.4 Å². The van der Waals surface area contributed by atoms with Gasteiger partial charge < -0.3 is 47.8 Å². The van der Waals surface area contributed by atoms with Crippen molar-refractivity contribution in [1.29, 1.82) is 0 Å². The number of hydrogen-bond donors (Lipinski definition) is 4. The lowest BCUT2D eigenvalue weighted by molar-refractivity contribution is 0.0310. The Morgan fingerprint density at radius 2 is 0.984 bits per heavy atom. The molecule has 0 spiro atoms. The zero-order valence-corrected chi connectivity index (χ0v) is 40.1. The minimum Gasteiger partial charge on any atom is -0.493 e. The molecule has 0 radical (unpaired) electrons. The number of likely N-dealkylation sites (tertiary alicyclic amines) is 2. The molecule has 0 aromatic heterocycles. The number of carbonyl (C=O) groups excluding carboxylic acids is 2. The minimum absolute atomic E-state index is 0.0267. The van der Waals surface area contributed by atoms with Gasteiger partial charge in [0, 0.05) is 25.2 Å². The predicted octanol–water partition coefficient (Wildman–Crippen LogP) is 8.98. The number of rotatable bonds is 20. The molecule has 2 fully saturated rings. The molecule has 4 amide bonds. The van der Waals surface area contributed by atoms with E-state index in [2.05, 4.69) is 78.4 Å². The van der Waals surface area contributed by atoms with Crippen molar-refractivity contribution in [2.75, 3.05) is 64.4 Å². The minimum atomic E-state index is -2.03. The van der Waals surface area contributed by atoms with Crippen LogP contribution in [0, 0.1) is 0 Å². The van der Waals surface area contributed by atoms with E-state index in [0.29, 0.717) is 57.1 Å². The van der Waals surface area contributed by atoms with Crippen molar-refractivity contribution in [3.63, 3.8) is 0 Å². The van der Waals surface area contributed by atoms with Crippen LogP contribution >= 0.6 is 0 Å². The predicted molar refractivity (Wildman–Crippen MR) is 239 cm³/mol. The Bertz CT molecular complexity index is 1760. The Morgan fingerprint density at radius 1 is 0.623 bits per heavy atom. The molecular weight excluding hydrogens is 821 g/mol. The summed E-state index contributed by atoms with van der Waals surface area (Å²) in [4.78, 5) is 54.5. The third kappa shape index (κ3) is 12.3. The van der Waals surface area contributed by atoms with E-state index in [1.165, 1.54) is 38.5 Å². The number of ether oxygens (including phenoxy) is 4. The lowest BCUT2D eigenvalue weighted by atomic mass is 10.0. The Kier molecular flexibility index (Phi) is 16.2. The first-order valence-corrected chi connectivity index (χ1v) is 26.8. The molecule has 61 heavy (non-hydrogen) atoms. The van der Waals surface area contributed by atoms with Gasteiger partial charge in [0.25, 0.3) is 11.8 Å². The highest BCUT2D eigenvalue weighted by molar-refractivity contribution is 6.74. The van der Waals surface area contributed by atoms with Crippen LogP contribution in [0.5, 0.6) is 23.0 Å². The number of methoxy groups -OCH3 is 2. The van der Waals surface area contributed by atoms with E-state index in [4.69, 9.17) is 27.8 Å². The number of nitrogens with zero attached hydrogens (tertiary/aromatic N) is 2. The van der Waals surface area contributed by atoms with E-state index in [1.807, 2.05) is 0 Å². The zero-order valence-electron chi connectivity index (χ0n) is 38.1. The molecular formula is C43H68N4O12Si2. The number of anilines is 2. The second-order valence-corrected chi connectivity index (χ2v) is 28.4. The van der Waals surface area contributed by atoms with Crippen molar-refractivity contribution < 1.29 is 57.2 Å². The summed E-state index contributed by atoms with van der Waals surface area (Å²) in [6.45, 7) is 24.1. The molecule has 4 rings (SSSR count). The van der Waals surface area contributed by atoms with Gasteiger partial charge in [-0.2, -0.15) is 0 Å². The molecule has 2 heterocycles. The molecule has 2 aromatic rings. The topological polar surface area (TPSA) is 195 Å². The van der Waals surface area contributed by atoms with Crippen LogP contribution in [0.2, 0.25) is 36.3 Å². The molecule has 2 aromatic carbocycles. The fourth-order valence-electron chi connectivity index (χ4n) is 6.32. The first-order chi connectivity index (χ1) is 28.4. The molecule has 2 aliphatic rings. The molecule has 0 bridgehead atoms. The normalized spacial score (nSPS) is 16.9. The standard InChI is InChI=1S/C43H68N4O12Si2/c1-42(2,3)60(9,10)58-26-28-16-18-46(28)38(48)30-22-34(54-7)36(24-32(30)44-40(50)51)56-20-14-13-15-21-57-37-25-33(45-41(52)53)31(23-35(37)55-8)39(49)47-19-17-29(47)27-59-61(11,12)43(4,5)6/h22-25,28-29,44-45H,13-21,26-27H2,1-12H3,(H,50,51)(H,52,53)/t28-,29-/m0/s1. The van der Waals surface area contributed by atoms with E-state index in [1.54, 1.807) is 9.80 Å². The van der Waals surface area contributed by atoms with Gasteiger partial charge in [-0.15, -0.1) is 0 Å². The summed E-state index contributed by atoms with van der Waals surface area (Å²) < 4.78 is 36.0. The van der Waals surface area contributed by atoms with Gasteiger partial charge in [0.05, 0.1) is 75.2 Å². The molecule has 16 nitrogen and oxygen atoms in total. The second kappa shape index (κ2) is 20.1. The molecule has 4 N–H and O–H groups in total. The van der Waals surface area contributed by atoms with Gasteiger partial charge in [0.15, 0.2) is 39.6 Å². The number of benzene rings is 2. The van der Waals surface area contributed by atoms with E-state index in [0.717, 1.165) is 12.8 Å². The fourth-order valence-corrected chi connectivity index (χ4v) is 8.40. The zero-order chi connectivity index (χ0) is 45.5. The summed E-state index contributed by atoms with van der Waals surface area (Å²) in [6.07, 6.45) is 0.839. The molecule has 0 aliphatic carbocycles. The summed E-state index contributed by atoms with van der Waals surface area (Å²) in [5, 5.41) is 24.0. The van der Waals surface area contributed by atoms with Crippen LogP contribution in [-0.4, -0.2) is 126 Å². The monoisotopic (exact) mass is 888 g/mol.